The predicted octanol–water partition coefficient (Wildman–Crippen LogP) is 2.72. The number of pyridine rings is 1. The molecule has 3 nitrogen and oxygen atoms in total. The minimum absolute atomic E-state index is 0.0789. The Labute approximate surface area is 102 Å². The fourth-order valence-corrected chi connectivity index (χ4v) is 2.44. The van der Waals surface area contributed by atoms with Crippen molar-refractivity contribution in [2.45, 2.75) is 38.8 Å². The maximum Gasteiger partial charge on any atom is 0.433 e. The second kappa shape index (κ2) is 4.59. The highest BCUT2D eigenvalue weighted by molar-refractivity contribution is 5.77. The van der Waals surface area contributed by atoms with Crippen LogP contribution >= 0.6 is 0 Å². The number of hydrogen-bond donors (Lipinski definition) is 1. The molecule has 1 aromatic rings. The highest BCUT2D eigenvalue weighted by Gasteiger charge is 2.38. The number of hydrogen-bond acceptors (Lipinski definition) is 2. The van der Waals surface area contributed by atoms with Gasteiger partial charge in [-0.3, -0.25) is 4.79 Å². The highest BCUT2D eigenvalue weighted by Crippen LogP contribution is 2.39. The number of carbonyl (C=O) groups excluding carboxylic acids is 1. The molecule has 1 aliphatic rings. The van der Waals surface area contributed by atoms with Crippen LogP contribution in [0, 0.1) is 0 Å². The van der Waals surface area contributed by atoms with Crippen molar-refractivity contribution in [1.82, 2.24) is 4.98 Å². The summed E-state index contributed by atoms with van der Waals surface area (Å²) in [6.07, 6.45) is -1.89. The minimum atomic E-state index is -4.48. The van der Waals surface area contributed by atoms with Crippen LogP contribution < -0.4 is 5.32 Å². The minimum Gasteiger partial charge on any atom is -0.328 e. The molecule has 2 rings (SSSR count). The molecule has 6 heteroatoms. The van der Waals surface area contributed by atoms with Crippen LogP contribution in [0.3, 0.4) is 0 Å². The fraction of sp³-hybridized carbons (Fsp3) is 0.500. The summed E-state index contributed by atoms with van der Waals surface area (Å²) in [5, 5.41) is 2.42. The van der Waals surface area contributed by atoms with E-state index < -0.39 is 11.9 Å². The summed E-state index contributed by atoms with van der Waals surface area (Å²) in [4.78, 5) is 14.3. The summed E-state index contributed by atoms with van der Waals surface area (Å²) in [6, 6.07) is 0. The molecular formula is C12H13F3N2O. The van der Waals surface area contributed by atoms with Crippen LogP contribution in [0.15, 0.2) is 0 Å². The largest absolute Gasteiger partial charge is 0.433 e. The van der Waals surface area contributed by atoms with Gasteiger partial charge in [-0.1, -0.05) is 6.92 Å². The molecule has 1 N–H and O–H groups in total. The average Bonchev–Trinajstić information content (AvgIpc) is 2.75. The van der Waals surface area contributed by atoms with Gasteiger partial charge in [0.2, 0.25) is 6.41 Å². The molecule has 18 heavy (non-hydrogen) atoms. The van der Waals surface area contributed by atoms with E-state index >= 15 is 0 Å². The summed E-state index contributed by atoms with van der Waals surface area (Å²) >= 11 is 0. The quantitative estimate of drug-likeness (QED) is 0.847. The van der Waals surface area contributed by atoms with E-state index in [0.29, 0.717) is 30.6 Å². The van der Waals surface area contributed by atoms with Gasteiger partial charge in [0, 0.05) is 11.3 Å². The molecule has 1 aromatic heterocycles. The number of nitrogens with zero attached hydrogens (tertiary/aromatic N) is 1. The van der Waals surface area contributed by atoms with E-state index in [1.54, 1.807) is 6.92 Å². The van der Waals surface area contributed by atoms with Gasteiger partial charge >= 0.3 is 6.18 Å². The Bertz CT molecular complexity index is 483. The summed E-state index contributed by atoms with van der Waals surface area (Å²) in [5.41, 5.74) is 0.739. The molecule has 0 saturated heterocycles. The number of amides is 1. The van der Waals surface area contributed by atoms with Crippen molar-refractivity contribution in [2.75, 3.05) is 5.32 Å². The van der Waals surface area contributed by atoms with Gasteiger partial charge < -0.3 is 5.32 Å². The van der Waals surface area contributed by atoms with Gasteiger partial charge in [0.25, 0.3) is 0 Å². The first-order valence-electron chi connectivity index (χ1n) is 5.81. The van der Waals surface area contributed by atoms with Crippen molar-refractivity contribution in [3.05, 3.63) is 22.5 Å². The molecule has 0 atom stereocenters. The third kappa shape index (κ3) is 2.07. The smallest absolute Gasteiger partial charge is 0.328 e. The normalized spacial score (nSPS) is 14.4. The van der Waals surface area contributed by atoms with Crippen molar-refractivity contribution < 1.29 is 18.0 Å². The van der Waals surface area contributed by atoms with Crippen LogP contribution in [-0.4, -0.2) is 11.4 Å². The first-order chi connectivity index (χ1) is 8.49. The number of anilines is 1. The second-order valence-corrected chi connectivity index (χ2v) is 4.21. The average molecular weight is 258 g/mol. The van der Waals surface area contributed by atoms with Crippen molar-refractivity contribution in [3.8, 4) is 0 Å². The predicted molar refractivity (Wildman–Crippen MR) is 60.3 cm³/mol. The molecule has 1 amide bonds. The molecule has 0 fully saturated rings. The molecule has 0 aromatic carbocycles. The maximum absolute atomic E-state index is 12.9. The Morgan fingerprint density at radius 3 is 2.67 bits per heavy atom. The summed E-state index contributed by atoms with van der Waals surface area (Å²) in [5.74, 6) is 0. The summed E-state index contributed by atoms with van der Waals surface area (Å²) in [6.45, 7) is 1.63. The standard InChI is InChI=1S/C12H13F3N2O/c1-2-7-10(16-6-18)8-4-3-5-9(8)17-11(7)12(13,14)15/h6H,2-5H2,1H3,(H,16,17,18). The van der Waals surface area contributed by atoms with Gasteiger partial charge in [0.15, 0.2) is 0 Å². The van der Waals surface area contributed by atoms with Crippen LogP contribution in [0.5, 0.6) is 0 Å². The van der Waals surface area contributed by atoms with Gasteiger partial charge in [0.05, 0.1) is 5.69 Å². The third-order valence-electron chi connectivity index (χ3n) is 3.15. The molecule has 0 saturated carbocycles. The van der Waals surface area contributed by atoms with E-state index in [1.807, 2.05) is 0 Å². The van der Waals surface area contributed by atoms with Crippen molar-refractivity contribution in [3.63, 3.8) is 0 Å². The van der Waals surface area contributed by atoms with Crippen LogP contribution in [0.25, 0.3) is 0 Å². The maximum atomic E-state index is 12.9. The van der Waals surface area contributed by atoms with Gasteiger partial charge in [-0.2, -0.15) is 13.2 Å². The van der Waals surface area contributed by atoms with Crippen molar-refractivity contribution in [1.29, 1.82) is 0 Å². The van der Waals surface area contributed by atoms with E-state index in [4.69, 9.17) is 0 Å². The number of fused-ring (bicyclic) bond motifs is 1. The molecular weight excluding hydrogens is 245 g/mol. The van der Waals surface area contributed by atoms with Gasteiger partial charge in [-0.15, -0.1) is 0 Å². The highest BCUT2D eigenvalue weighted by atomic mass is 19.4. The number of aromatic nitrogens is 1. The fourth-order valence-electron chi connectivity index (χ4n) is 2.44. The van der Waals surface area contributed by atoms with Crippen LogP contribution in [0.2, 0.25) is 0 Å². The van der Waals surface area contributed by atoms with Crippen LogP contribution in [-0.2, 0) is 30.2 Å². The molecule has 0 spiro atoms. The summed E-state index contributed by atoms with van der Waals surface area (Å²) < 4.78 is 38.8. The van der Waals surface area contributed by atoms with E-state index in [1.165, 1.54) is 0 Å². The van der Waals surface area contributed by atoms with E-state index in [-0.39, 0.29) is 12.0 Å². The zero-order chi connectivity index (χ0) is 13.3. The first kappa shape index (κ1) is 12.9. The van der Waals surface area contributed by atoms with Crippen molar-refractivity contribution in [2.24, 2.45) is 0 Å². The molecule has 0 radical (unpaired) electrons. The second-order valence-electron chi connectivity index (χ2n) is 4.21. The Hall–Kier alpha value is -1.59. The molecule has 98 valence electrons. The zero-order valence-electron chi connectivity index (χ0n) is 9.90. The summed E-state index contributed by atoms with van der Waals surface area (Å²) in [7, 11) is 0. The number of halogens is 3. The number of carbonyl (C=O) groups is 1. The topological polar surface area (TPSA) is 42.0 Å². The van der Waals surface area contributed by atoms with Gasteiger partial charge in [0.1, 0.15) is 5.69 Å². The molecule has 0 unspecified atom stereocenters. The Morgan fingerprint density at radius 2 is 2.11 bits per heavy atom. The third-order valence-corrected chi connectivity index (χ3v) is 3.15. The van der Waals surface area contributed by atoms with Crippen LogP contribution in [0.4, 0.5) is 18.9 Å². The molecule has 0 bridgehead atoms. The number of aryl methyl sites for hydroxylation is 1. The SMILES string of the molecule is CCc1c(C(F)(F)F)nc2c(c1NC=O)CCC2. The van der Waals surface area contributed by atoms with E-state index in [2.05, 4.69) is 10.3 Å². The molecule has 1 aliphatic carbocycles. The van der Waals surface area contributed by atoms with Gasteiger partial charge in [-0.05, 0) is 31.2 Å². The monoisotopic (exact) mass is 258 g/mol. The van der Waals surface area contributed by atoms with Crippen molar-refractivity contribution >= 4 is 12.1 Å². The lowest BCUT2D eigenvalue weighted by atomic mass is 10.0. The lowest BCUT2D eigenvalue weighted by Crippen LogP contribution is -2.16. The Morgan fingerprint density at radius 1 is 1.39 bits per heavy atom. The number of alkyl halides is 3. The first-order valence-corrected chi connectivity index (χ1v) is 5.81. The lowest BCUT2D eigenvalue weighted by molar-refractivity contribution is -0.141. The number of rotatable bonds is 3. The van der Waals surface area contributed by atoms with E-state index in [0.717, 1.165) is 12.0 Å². The Balaban J connectivity index is 2.68. The van der Waals surface area contributed by atoms with Gasteiger partial charge in [-0.25, -0.2) is 4.98 Å². The molecule has 1 heterocycles. The van der Waals surface area contributed by atoms with E-state index in [9.17, 15) is 18.0 Å². The number of nitrogens with one attached hydrogen (secondary N) is 1. The lowest BCUT2D eigenvalue weighted by Gasteiger charge is -2.18. The zero-order valence-corrected chi connectivity index (χ0v) is 9.90. The van der Waals surface area contributed by atoms with Crippen LogP contribution in [0.1, 0.15) is 35.9 Å². The molecule has 0 aliphatic heterocycles. The Kier molecular flexibility index (Phi) is 3.28.